The van der Waals surface area contributed by atoms with E-state index in [0.717, 1.165) is 16.9 Å². The Bertz CT molecular complexity index is 608. The molecule has 112 valence electrons. The van der Waals surface area contributed by atoms with E-state index in [-0.39, 0.29) is 5.92 Å². The van der Waals surface area contributed by atoms with Crippen LogP contribution >= 0.6 is 23.2 Å². The smallest absolute Gasteiger partial charge is 0.122 e. The normalized spacial score (nSPS) is 12.2. The summed E-state index contributed by atoms with van der Waals surface area (Å²) in [4.78, 5) is 0. The molecule has 0 amide bonds. The first-order valence-electron chi connectivity index (χ1n) is 6.84. The van der Waals surface area contributed by atoms with E-state index in [9.17, 15) is 0 Å². The van der Waals surface area contributed by atoms with Gasteiger partial charge in [-0.15, -0.1) is 0 Å². The summed E-state index contributed by atoms with van der Waals surface area (Å²) >= 11 is 12.5. The van der Waals surface area contributed by atoms with E-state index in [1.54, 1.807) is 7.11 Å². The van der Waals surface area contributed by atoms with Crippen LogP contribution in [0.4, 0.5) is 0 Å². The highest BCUT2D eigenvalue weighted by Crippen LogP contribution is 2.34. The van der Waals surface area contributed by atoms with Gasteiger partial charge in [-0.25, -0.2) is 0 Å². The summed E-state index contributed by atoms with van der Waals surface area (Å²) in [5, 5.41) is 1.35. The monoisotopic (exact) mass is 323 g/mol. The molecule has 2 aromatic rings. The van der Waals surface area contributed by atoms with Gasteiger partial charge in [0, 0.05) is 16.0 Å². The molecule has 0 saturated carbocycles. The molecular weight excluding hydrogens is 305 g/mol. The number of halogens is 2. The molecule has 2 nitrogen and oxygen atoms in total. The fraction of sp³-hybridized carbons (Fsp3) is 0.294. The number of ether oxygens (including phenoxy) is 1. The van der Waals surface area contributed by atoms with Gasteiger partial charge in [0.25, 0.3) is 0 Å². The zero-order valence-electron chi connectivity index (χ0n) is 12.2. The number of rotatable bonds is 5. The maximum absolute atomic E-state index is 6.27. The van der Waals surface area contributed by atoms with Gasteiger partial charge in [0.15, 0.2) is 0 Å². The molecule has 0 saturated heterocycles. The van der Waals surface area contributed by atoms with Crippen LogP contribution in [0.25, 0.3) is 0 Å². The molecule has 1 unspecified atom stereocenters. The molecule has 2 aromatic carbocycles. The van der Waals surface area contributed by atoms with Crippen molar-refractivity contribution >= 4 is 23.2 Å². The SMILES string of the molecule is COc1ccc(C)cc1C(CN)Cc1c(Cl)cccc1Cl. The van der Waals surface area contributed by atoms with Gasteiger partial charge in [0.2, 0.25) is 0 Å². The molecule has 0 spiro atoms. The fourth-order valence-electron chi connectivity index (χ4n) is 2.47. The minimum atomic E-state index is 0.109. The van der Waals surface area contributed by atoms with E-state index in [4.69, 9.17) is 33.7 Å². The Labute approximate surface area is 135 Å². The molecule has 0 aliphatic carbocycles. The number of benzene rings is 2. The third kappa shape index (κ3) is 3.70. The maximum Gasteiger partial charge on any atom is 0.122 e. The molecular formula is C17H19Cl2NO. The zero-order chi connectivity index (χ0) is 15.4. The lowest BCUT2D eigenvalue weighted by Crippen LogP contribution is -2.16. The predicted molar refractivity (Wildman–Crippen MR) is 89.7 cm³/mol. The van der Waals surface area contributed by atoms with E-state index in [1.807, 2.05) is 30.3 Å². The summed E-state index contributed by atoms with van der Waals surface area (Å²) in [6, 6.07) is 11.7. The third-order valence-electron chi connectivity index (χ3n) is 3.62. The Morgan fingerprint density at radius 2 is 1.81 bits per heavy atom. The summed E-state index contributed by atoms with van der Waals surface area (Å²) in [6.07, 6.45) is 0.689. The van der Waals surface area contributed by atoms with Crippen LogP contribution in [-0.2, 0) is 6.42 Å². The van der Waals surface area contributed by atoms with Crippen LogP contribution in [0.1, 0.15) is 22.6 Å². The van der Waals surface area contributed by atoms with Gasteiger partial charge in [-0.2, -0.15) is 0 Å². The summed E-state index contributed by atoms with van der Waals surface area (Å²) in [7, 11) is 1.67. The fourth-order valence-corrected chi connectivity index (χ4v) is 3.02. The van der Waals surface area contributed by atoms with Gasteiger partial charge >= 0.3 is 0 Å². The Hall–Kier alpha value is -1.22. The lowest BCUT2D eigenvalue weighted by molar-refractivity contribution is 0.405. The van der Waals surface area contributed by atoms with Crippen LogP contribution in [0, 0.1) is 6.92 Å². The molecule has 2 N–H and O–H groups in total. The van der Waals surface area contributed by atoms with Crippen LogP contribution in [0.2, 0.25) is 10.0 Å². The number of hydrogen-bond donors (Lipinski definition) is 1. The molecule has 0 fully saturated rings. The van der Waals surface area contributed by atoms with Crippen molar-refractivity contribution in [1.29, 1.82) is 0 Å². The second-order valence-electron chi connectivity index (χ2n) is 5.08. The molecule has 0 radical (unpaired) electrons. The standard InChI is InChI=1S/C17H19Cl2NO/c1-11-6-7-17(21-2)13(8-11)12(10-20)9-14-15(18)4-3-5-16(14)19/h3-8,12H,9-10,20H2,1-2H3. The molecule has 21 heavy (non-hydrogen) atoms. The molecule has 2 rings (SSSR count). The Kier molecular flexibility index (Phi) is 5.51. The van der Waals surface area contributed by atoms with Crippen molar-refractivity contribution in [3.63, 3.8) is 0 Å². The molecule has 0 heterocycles. The van der Waals surface area contributed by atoms with E-state index >= 15 is 0 Å². The summed E-state index contributed by atoms with van der Waals surface area (Å²) in [6.45, 7) is 2.56. The molecule has 4 heteroatoms. The number of aryl methyl sites for hydroxylation is 1. The zero-order valence-corrected chi connectivity index (χ0v) is 13.7. The number of methoxy groups -OCH3 is 1. The maximum atomic E-state index is 6.27. The summed E-state index contributed by atoms with van der Waals surface area (Å²) in [5.74, 6) is 0.955. The topological polar surface area (TPSA) is 35.2 Å². The minimum absolute atomic E-state index is 0.109. The van der Waals surface area contributed by atoms with Crippen molar-refractivity contribution in [1.82, 2.24) is 0 Å². The van der Waals surface area contributed by atoms with Gasteiger partial charge in [-0.05, 0) is 49.2 Å². The van der Waals surface area contributed by atoms with Crippen molar-refractivity contribution < 1.29 is 4.74 Å². The van der Waals surface area contributed by atoms with Crippen molar-refractivity contribution in [2.24, 2.45) is 5.73 Å². The quantitative estimate of drug-likeness (QED) is 0.873. The van der Waals surface area contributed by atoms with Gasteiger partial charge in [0.05, 0.1) is 7.11 Å². The second kappa shape index (κ2) is 7.17. The van der Waals surface area contributed by atoms with Crippen molar-refractivity contribution in [2.45, 2.75) is 19.3 Å². The third-order valence-corrected chi connectivity index (χ3v) is 4.33. The Morgan fingerprint density at radius 3 is 2.38 bits per heavy atom. The van der Waals surface area contributed by atoms with Gasteiger partial charge < -0.3 is 10.5 Å². The lowest BCUT2D eigenvalue weighted by atomic mass is 9.90. The second-order valence-corrected chi connectivity index (χ2v) is 5.90. The number of hydrogen-bond acceptors (Lipinski definition) is 2. The highest BCUT2D eigenvalue weighted by Gasteiger charge is 2.18. The van der Waals surface area contributed by atoms with Crippen LogP contribution in [0.3, 0.4) is 0 Å². The highest BCUT2D eigenvalue weighted by molar-refractivity contribution is 6.36. The van der Waals surface area contributed by atoms with Crippen LogP contribution < -0.4 is 10.5 Å². The van der Waals surface area contributed by atoms with Gasteiger partial charge in [-0.3, -0.25) is 0 Å². The first kappa shape index (κ1) is 16.2. The van der Waals surface area contributed by atoms with Crippen molar-refractivity contribution in [2.75, 3.05) is 13.7 Å². The Morgan fingerprint density at radius 1 is 1.14 bits per heavy atom. The van der Waals surface area contributed by atoms with Crippen molar-refractivity contribution in [3.8, 4) is 5.75 Å². The molecule has 0 bridgehead atoms. The van der Waals surface area contributed by atoms with Gasteiger partial charge in [-0.1, -0.05) is 47.0 Å². The molecule has 1 atom stereocenters. The van der Waals surface area contributed by atoms with E-state index in [2.05, 4.69) is 13.0 Å². The first-order valence-corrected chi connectivity index (χ1v) is 7.60. The average molecular weight is 324 g/mol. The minimum Gasteiger partial charge on any atom is -0.496 e. The largest absolute Gasteiger partial charge is 0.496 e. The summed E-state index contributed by atoms with van der Waals surface area (Å²) < 4.78 is 5.46. The van der Waals surface area contributed by atoms with E-state index < -0.39 is 0 Å². The summed E-state index contributed by atoms with van der Waals surface area (Å²) in [5.41, 5.74) is 9.18. The first-order chi connectivity index (χ1) is 10.1. The number of nitrogens with two attached hydrogens (primary N) is 1. The molecule has 0 aromatic heterocycles. The average Bonchev–Trinajstić information content (AvgIpc) is 2.47. The van der Waals surface area contributed by atoms with E-state index in [0.29, 0.717) is 23.0 Å². The lowest BCUT2D eigenvalue weighted by Gasteiger charge is -2.20. The predicted octanol–water partition coefficient (Wildman–Crippen LogP) is 4.60. The van der Waals surface area contributed by atoms with Gasteiger partial charge in [0.1, 0.15) is 5.75 Å². The molecule has 0 aliphatic rings. The highest BCUT2D eigenvalue weighted by atomic mass is 35.5. The Balaban J connectivity index is 2.39. The van der Waals surface area contributed by atoms with Crippen LogP contribution in [-0.4, -0.2) is 13.7 Å². The van der Waals surface area contributed by atoms with Crippen LogP contribution in [0.15, 0.2) is 36.4 Å². The van der Waals surface area contributed by atoms with E-state index in [1.165, 1.54) is 5.56 Å². The van der Waals surface area contributed by atoms with Crippen molar-refractivity contribution in [3.05, 3.63) is 63.1 Å². The van der Waals surface area contributed by atoms with Crippen LogP contribution in [0.5, 0.6) is 5.75 Å². The molecule has 0 aliphatic heterocycles.